The third-order valence-electron chi connectivity index (χ3n) is 6.96. The molecule has 1 aliphatic carbocycles. The number of cyclic esters (lactones) is 1. The fraction of sp³-hybridized carbons (Fsp3) is 0.346. The number of aromatic amines is 2. The third kappa shape index (κ3) is 3.01. The fourth-order valence-electron chi connectivity index (χ4n) is 5.50. The van der Waals surface area contributed by atoms with Crippen molar-refractivity contribution in [3.63, 3.8) is 0 Å². The molecule has 0 radical (unpaired) electrons. The molecule has 0 spiro atoms. The predicted molar refractivity (Wildman–Crippen MR) is 131 cm³/mol. The molecule has 3 aromatic rings. The van der Waals surface area contributed by atoms with E-state index in [0.717, 1.165) is 27.3 Å². The SMILES string of the molecule is Cc1cc2c(c(=O)[nH]1)N(CC(=O)Nc1c3c[nH]c1-c1ccccc1-3)C(=O)OC2(C(C)C)C(C)C. The van der Waals surface area contributed by atoms with Crippen molar-refractivity contribution in [1.82, 2.24) is 9.97 Å². The molecule has 2 amide bonds. The highest BCUT2D eigenvalue weighted by atomic mass is 16.6. The third-order valence-corrected chi connectivity index (χ3v) is 6.96. The van der Waals surface area contributed by atoms with Crippen molar-refractivity contribution >= 4 is 23.4 Å². The van der Waals surface area contributed by atoms with Gasteiger partial charge in [0.05, 0.1) is 11.4 Å². The molecule has 0 saturated carbocycles. The number of benzene rings is 1. The Hall–Kier alpha value is -3.81. The van der Waals surface area contributed by atoms with E-state index >= 15 is 0 Å². The second-order valence-corrected chi connectivity index (χ2v) is 9.65. The number of carbonyl (C=O) groups excluding carboxylic acids is 2. The lowest BCUT2D eigenvalue weighted by molar-refractivity contribution is -0.115. The van der Waals surface area contributed by atoms with Gasteiger partial charge in [-0.3, -0.25) is 14.5 Å². The first-order valence-corrected chi connectivity index (χ1v) is 11.5. The molecule has 3 heterocycles. The quantitative estimate of drug-likeness (QED) is 0.399. The van der Waals surface area contributed by atoms with Crippen LogP contribution in [0.4, 0.5) is 16.2 Å². The normalized spacial score (nSPS) is 15.4. The van der Waals surface area contributed by atoms with Crippen LogP contribution in [0.3, 0.4) is 0 Å². The zero-order valence-electron chi connectivity index (χ0n) is 19.9. The van der Waals surface area contributed by atoms with Gasteiger partial charge in [0.25, 0.3) is 5.56 Å². The standard InChI is InChI=1S/C26H28N4O4/c1-13(2)26(14(3)4)19-10-15(5)28-24(32)23(19)30(25(33)34-26)12-20(31)29-22-18-11-27-21(22)17-9-7-6-8-16(17)18/h6-11,13-14,27H,12H2,1-5H3,(H,28,32)(H,29,31). The van der Waals surface area contributed by atoms with Crippen molar-refractivity contribution in [1.29, 1.82) is 0 Å². The lowest BCUT2D eigenvalue weighted by Crippen LogP contribution is -2.54. The van der Waals surface area contributed by atoms with Crippen LogP contribution in [0.25, 0.3) is 22.4 Å². The van der Waals surface area contributed by atoms with E-state index in [0.29, 0.717) is 16.9 Å². The molecule has 1 aromatic carbocycles. The van der Waals surface area contributed by atoms with Gasteiger partial charge in [-0.1, -0.05) is 52.0 Å². The minimum atomic E-state index is -0.968. The van der Waals surface area contributed by atoms with Gasteiger partial charge in [0.1, 0.15) is 17.8 Å². The molecule has 0 atom stereocenters. The largest absolute Gasteiger partial charge is 0.437 e. The summed E-state index contributed by atoms with van der Waals surface area (Å²) in [6.07, 6.45) is 1.15. The summed E-state index contributed by atoms with van der Waals surface area (Å²) in [5.74, 6) is -0.575. The highest BCUT2D eigenvalue weighted by molar-refractivity contribution is 6.10. The summed E-state index contributed by atoms with van der Waals surface area (Å²) in [6, 6.07) is 9.73. The van der Waals surface area contributed by atoms with Gasteiger partial charge in [-0.05, 0) is 30.4 Å². The Morgan fingerprint density at radius 1 is 1.09 bits per heavy atom. The number of carbonyl (C=O) groups is 2. The number of rotatable bonds is 5. The van der Waals surface area contributed by atoms with Gasteiger partial charge in [0, 0.05) is 28.6 Å². The van der Waals surface area contributed by atoms with Crippen LogP contribution < -0.4 is 15.8 Å². The molecule has 2 aromatic heterocycles. The van der Waals surface area contributed by atoms with E-state index < -0.39 is 23.2 Å². The number of H-pyrrole nitrogens is 2. The summed E-state index contributed by atoms with van der Waals surface area (Å²) >= 11 is 0. The maximum Gasteiger partial charge on any atom is 0.415 e. The average Bonchev–Trinajstić information content (AvgIpc) is 3.30. The monoisotopic (exact) mass is 460 g/mol. The van der Waals surface area contributed by atoms with E-state index in [1.165, 1.54) is 0 Å². The second-order valence-electron chi connectivity index (χ2n) is 9.65. The molecule has 3 N–H and O–H groups in total. The zero-order chi connectivity index (χ0) is 24.4. The van der Waals surface area contributed by atoms with Crippen molar-refractivity contribution in [2.75, 3.05) is 16.8 Å². The topological polar surface area (TPSA) is 107 Å². The van der Waals surface area contributed by atoms with Crippen LogP contribution in [0, 0.1) is 18.8 Å². The number of nitrogens with one attached hydrogen (secondary N) is 3. The number of hydrogen-bond acceptors (Lipinski definition) is 4. The number of fused-ring (bicyclic) bond motifs is 6. The molecule has 0 fully saturated rings. The number of aromatic nitrogens is 2. The van der Waals surface area contributed by atoms with Crippen molar-refractivity contribution in [2.24, 2.45) is 11.8 Å². The van der Waals surface area contributed by atoms with Crippen molar-refractivity contribution in [3.05, 3.63) is 58.1 Å². The minimum absolute atomic E-state index is 0.0787. The number of ether oxygens (including phenoxy) is 1. The maximum atomic E-state index is 13.2. The Morgan fingerprint density at radius 2 is 1.76 bits per heavy atom. The van der Waals surface area contributed by atoms with Gasteiger partial charge in [-0.2, -0.15) is 0 Å². The first-order chi connectivity index (χ1) is 16.1. The van der Waals surface area contributed by atoms with E-state index in [9.17, 15) is 14.4 Å². The number of nitrogens with zero attached hydrogens (tertiary/aromatic N) is 1. The van der Waals surface area contributed by atoms with Crippen LogP contribution in [0.1, 0.15) is 39.0 Å². The molecule has 34 heavy (non-hydrogen) atoms. The Labute approximate surface area is 197 Å². The Morgan fingerprint density at radius 3 is 2.41 bits per heavy atom. The van der Waals surface area contributed by atoms with E-state index in [4.69, 9.17) is 4.74 Å². The summed E-state index contributed by atoms with van der Waals surface area (Å²) in [5.41, 5.74) is 4.55. The molecule has 0 unspecified atom stereocenters. The highest BCUT2D eigenvalue weighted by Crippen LogP contribution is 2.49. The van der Waals surface area contributed by atoms with Crippen LogP contribution in [-0.2, 0) is 15.1 Å². The average molecular weight is 461 g/mol. The summed E-state index contributed by atoms with van der Waals surface area (Å²) < 4.78 is 6.04. The Balaban J connectivity index is 1.50. The van der Waals surface area contributed by atoms with Crippen LogP contribution in [0.15, 0.2) is 41.3 Å². The van der Waals surface area contributed by atoms with Crippen LogP contribution >= 0.6 is 0 Å². The molecule has 176 valence electrons. The maximum absolute atomic E-state index is 13.2. The van der Waals surface area contributed by atoms with Crippen LogP contribution in [0.2, 0.25) is 0 Å². The van der Waals surface area contributed by atoms with Crippen molar-refractivity contribution < 1.29 is 14.3 Å². The molecule has 2 bridgehead atoms. The van der Waals surface area contributed by atoms with E-state index in [2.05, 4.69) is 15.3 Å². The highest BCUT2D eigenvalue weighted by Gasteiger charge is 2.51. The number of amides is 2. The van der Waals surface area contributed by atoms with E-state index in [1.54, 1.807) is 6.92 Å². The molecule has 5 rings (SSSR count). The lowest BCUT2D eigenvalue weighted by atomic mass is 9.73. The molecule has 8 heteroatoms. The van der Waals surface area contributed by atoms with Gasteiger partial charge in [-0.25, -0.2) is 4.79 Å². The van der Waals surface area contributed by atoms with Crippen molar-refractivity contribution in [3.8, 4) is 22.4 Å². The summed E-state index contributed by atoms with van der Waals surface area (Å²) in [7, 11) is 0. The van der Waals surface area contributed by atoms with Crippen molar-refractivity contribution in [2.45, 2.75) is 40.2 Å². The first kappa shape index (κ1) is 22.0. The summed E-state index contributed by atoms with van der Waals surface area (Å²) in [5, 5.41) is 2.93. The van der Waals surface area contributed by atoms with Gasteiger partial charge in [0.15, 0.2) is 0 Å². The molecular weight excluding hydrogens is 432 g/mol. The minimum Gasteiger partial charge on any atom is -0.437 e. The van der Waals surface area contributed by atoms with E-state index in [1.807, 2.05) is 64.2 Å². The molecule has 8 nitrogen and oxygen atoms in total. The summed E-state index contributed by atoms with van der Waals surface area (Å²) in [6.45, 7) is 9.33. The van der Waals surface area contributed by atoms with Gasteiger partial charge < -0.3 is 20.0 Å². The first-order valence-electron chi connectivity index (χ1n) is 11.5. The lowest BCUT2D eigenvalue weighted by Gasteiger charge is -2.46. The molecule has 1 aliphatic heterocycles. The van der Waals surface area contributed by atoms with Gasteiger partial charge in [0.2, 0.25) is 5.91 Å². The molecular formula is C26H28N4O4. The van der Waals surface area contributed by atoms with Crippen LogP contribution in [0.5, 0.6) is 0 Å². The van der Waals surface area contributed by atoms with Gasteiger partial charge >= 0.3 is 6.09 Å². The number of pyridine rings is 2. The second kappa shape index (κ2) is 7.62. The summed E-state index contributed by atoms with van der Waals surface area (Å²) in [4.78, 5) is 46.6. The number of hydrogen-bond donors (Lipinski definition) is 3. The van der Waals surface area contributed by atoms with Crippen LogP contribution in [-0.4, -0.2) is 28.5 Å². The van der Waals surface area contributed by atoms with E-state index in [-0.39, 0.29) is 24.1 Å². The van der Waals surface area contributed by atoms with Gasteiger partial charge in [-0.15, -0.1) is 0 Å². The molecule has 0 saturated heterocycles. The Bertz CT molecular complexity index is 1330. The number of anilines is 2. The fourth-order valence-corrected chi connectivity index (χ4v) is 5.50. The number of aryl methyl sites for hydroxylation is 1. The zero-order valence-corrected chi connectivity index (χ0v) is 19.9. The molecule has 2 aliphatic rings. The smallest absolute Gasteiger partial charge is 0.415 e. The Kier molecular flexibility index (Phi) is 4.93. The predicted octanol–water partition coefficient (Wildman–Crippen LogP) is 4.76.